The molecule has 0 aliphatic carbocycles. The molecular formula is C4H9F4NO3S. The van der Waals surface area contributed by atoms with Gasteiger partial charge < -0.3 is 6.15 Å². The molecule has 0 aromatic heterocycles. The van der Waals surface area contributed by atoms with Crippen LogP contribution in [0.3, 0.4) is 0 Å². The molecule has 0 unspecified atom stereocenters. The van der Waals surface area contributed by atoms with Gasteiger partial charge in [-0.2, -0.15) is 21.6 Å². The van der Waals surface area contributed by atoms with Crippen LogP contribution in [0.1, 0.15) is 12.8 Å². The van der Waals surface area contributed by atoms with Crippen LogP contribution in [-0.2, 0) is 14.5 Å². The SMILES string of the molecule is N.O=S(=O)(CCCC(F)(F)F)OF. The summed E-state index contributed by atoms with van der Waals surface area (Å²) in [5, 5.41) is 0. The fourth-order valence-corrected chi connectivity index (χ4v) is 1.04. The van der Waals surface area contributed by atoms with Gasteiger partial charge in [-0.25, -0.2) is 0 Å². The maximum atomic E-state index is 11.4. The first-order chi connectivity index (χ1) is 5.27. The minimum atomic E-state index is -4.42. The summed E-state index contributed by atoms with van der Waals surface area (Å²) in [6.07, 6.45) is -6.39. The van der Waals surface area contributed by atoms with Gasteiger partial charge in [-0.15, -0.1) is 0 Å². The Morgan fingerprint density at radius 1 is 1.23 bits per heavy atom. The van der Waals surface area contributed by atoms with E-state index in [1.165, 1.54) is 0 Å². The summed E-state index contributed by atoms with van der Waals surface area (Å²) in [4.78, 5) is 0. The zero-order valence-corrected chi connectivity index (χ0v) is 7.29. The lowest BCUT2D eigenvalue weighted by atomic mass is 10.3. The van der Waals surface area contributed by atoms with Crippen LogP contribution in [0.4, 0.5) is 17.7 Å². The highest BCUT2D eigenvalue weighted by atomic mass is 32.2. The number of hydrogen-bond donors (Lipinski definition) is 1. The van der Waals surface area contributed by atoms with Gasteiger partial charge in [0.05, 0.1) is 5.75 Å². The maximum absolute atomic E-state index is 11.4. The molecule has 0 saturated carbocycles. The molecule has 0 saturated heterocycles. The Bertz CT molecular complexity index is 224. The van der Waals surface area contributed by atoms with Crippen LogP contribution in [0, 0.1) is 0 Å². The molecule has 82 valence electrons. The summed E-state index contributed by atoms with van der Waals surface area (Å²) in [7, 11) is -4.41. The Morgan fingerprint density at radius 3 is 2.00 bits per heavy atom. The van der Waals surface area contributed by atoms with Crippen molar-refractivity contribution in [3.63, 3.8) is 0 Å². The second kappa shape index (κ2) is 5.35. The summed E-state index contributed by atoms with van der Waals surface area (Å²) in [6, 6.07) is 0. The zero-order chi connectivity index (χ0) is 9.83. The molecule has 0 aliphatic heterocycles. The Kier molecular flexibility index (Phi) is 6.20. The molecule has 0 radical (unpaired) electrons. The van der Waals surface area contributed by atoms with Gasteiger partial charge in [0.1, 0.15) is 0 Å². The van der Waals surface area contributed by atoms with Gasteiger partial charge in [0.2, 0.25) is 0 Å². The van der Waals surface area contributed by atoms with Crippen LogP contribution in [-0.4, -0.2) is 20.3 Å². The van der Waals surface area contributed by atoms with Crippen LogP contribution in [0.2, 0.25) is 0 Å². The highest BCUT2D eigenvalue weighted by Gasteiger charge is 2.27. The topological polar surface area (TPSA) is 78.4 Å². The number of alkyl halides is 3. The molecule has 0 atom stereocenters. The predicted molar refractivity (Wildman–Crippen MR) is 36.3 cm³/mol. The fourth-order valence-electron chi connectivity index (χ4n) is 0.481. The van der Waals surface area contributed by atoms with Gasteiger partial charge in [0.15, 0.2) is 0 Å². The zero-order valence-electron chi connectivity index (χ0n) is 6.47. The van der Waals surface area contributed by atoms with Crippen molar-refractivity contribution >= 4 is 10.1 Å². The van der Waals surface area contributed by atoms with E-state index < -0.39 is 34.9 Å². The molecule has 0 aromatic carbocycles. The van der Waals surface area contributed by atoms with E-state index in [0.29, 0.717) is 0 Å². The summed E-state index contributed by atoms with van der Waals surface area (Å²) < 4.78 is 67.9. The molecule has 3 N–H and O–H groups in total. The van der Waals surface area contributed by atoms with Gasteiger partial charge in [-0.1, -0.05) is 4.39 Å². The predicted octanol–water partition coefficient (Wildman–Crippen LogP) is 1.72. The van der Waals surface area contributed by atoms with E-state index in [1.807, 2.05) is 0 Å². The molecule has 0 aromatic rings. The quantitative estimate of drug-likeness (QED) is 0.741. The lowest BCUT2D eigenvalue weighted by Crippen LogP contribution is -2.12. The van der Waals surface area contributed by atoms with E-state index in [2.05, 4.69) is 4.39 Å². The Balaban J connectivity index is 0. The molecule has 0 amide bonds. The molecular weight excluding hydrogens is 218 g/mol. The van der Waals surface area contributed by atoms with Crippen LogP contribution < -0.4 is 6.15 Å². The van der Waals surface area contributed by atoms with E-state index >= 15 is 0 Å². The van der Waals surface area contributed by atoms with Gasteiger partial charge >= 0.3 is 6.18 Å². The standard InChI is InChI=1S/C4H6F4O3S.H3N/c5-4(6,7)2-1-3-12(9,10)11-8;/h1-3H2;1H3. The molecule has 4 nitrogen and oxygen atoms in total. The number of hydrogen-bond acceptors (Lipinski definition) is 4. The van der Waals surface area contributed by atoms with Gasteiger partial charge in [0.25, 0.3) is 10.1 Å². The van der Waals surface area contributed by atoms with Crippen molar-refractivity contribution in [1.29, 1.82) is 0 Å². The van der Waals surface area contributed by atoms with Crippen molar-refractivity contribution in [2.75, 3.05) is 5.75 Å². The van der Waals surface area contributed by atoms with Crippen LogP contribution in [0.15, 0.2) is 0 Å². The first-order valence-corrected chi connectivity index (χ1v) is 4.44. The third-order valence-electron chi connectivity index (χ3n) is 0.951. The molecule has 0 rings (SSSR count). The van der Waals surface area contributed by atoms with Crippen molar-refractivity contribution in [3.8, 4) is 0 Å². The first kappa shape index (κ1) is 15.1. The molecule has 0 aliphatic rings. The highest BCUT2D eigenvalue weighted by Crippen LogP contribution is 2.21. The van der Waals surface area contributed by atoms with Crippen LogP contribution in [0.5, 0.6) is 0 Å². The molecule has 0 spiro atoms. The van der Waals surface area contributed by atoms with E-state index in [4.69, 9.17) is 0 Å². The average molecular weight is 227 g/mol. The number of rotatable bonds is 4. The first-order valence-electron chi connectivity index (χ1n) is 2.86. The largest absolute Gasteiger partial charge is 0.389 e. The van der Waals surface area contributed by atoms with E-state index in [0.717, 1.165) is 0 Å². The monoisotopic (exact) mass is 227 g/mol. The lowest BCUT2D eigenvalue weighted by molar-refractivity contribution is -0.134. The molecule has 0 fully saturated rings. The van der Waals surface area contributed by atoms with Crippen molar-refractivity contribution in [1.82, 2.24) is 6.15 Å². The summed E-state index contributed by atoms with van der Waals surface area (Å²) in [5.74, 6) is -0.969. The van der Waals surface area contributed by atoms with Gasteiger partial charge in [-0.3, -0.25) is 0 Å². The van der Waals surface area contributed by atoms with Gasteiger partial charge in [-0.05, 0) is 10.9 Å². The van der Waals surface area contributed by atoms with Gasteiger partial charge in [0, 0.05) is 6.42 Å². The Labute approximate surface area is 72.5 Å². The number of halogens is 4. The smallest absolute Gasteiger partial charge is 0.344 e. The highest BCUT2D eigenvalue weighted by molar-refractivity contribution is 7.86. The average Bonchev–Trinajstić information content (AvgIpc) is 1.84. The fraction of sp³-hybridized carbons (Fsp3) is 1.00. The maximum Gasteiger partial charge on any atom is 0.389 e. The third-order valence-corrected chi connectivity index (χ3v) is 1.93. The Morgan fingerprint density at radius 2 is 1.69 bits per heavy atom. The van der Waals surface area contributed by atoms with E-state index in [-0.39, 0.29) is 6.15 Å². The molecule has 13 heavy (non-hydrogen) atoms. The molecule has 0 heterocycles. The Hall–Kier alpha value is -0.410. The van der Waals surface area contributed by atoms with Crippen LogP contribution >= 0.6 is 0 Å². The normalized spacial score (nSPS) is 12.3. The second-order valence-corrected chi connectivity index (χ2v) is 3.69. The van der Waals surface area contributed by atoms with E-state index in [9.17, 15) is 26.1 Å². The molecule has 0 bridgehead atoms. The van der Waals surface area contributed by atoms with Crippen LogP contribution in [0.25, 0.3) is 0 Å². The lowest BCUT2D eigenvalue weighted by Gasteiger charge is -2.03. The summed E-state index contributed by atoms with van der Waals surface area (Å²) in [6.45, 7) is 0. The van der Waals surface area contributed by atoms with Crippen molar-refractivity contribution < 1.29 is 30.5 Å². The van der Waals surface area contributed by atoms with Crippen molar-refractivity contribution in [2.24, 2.45) is 0 Å². The minimum absolute atomic E-state index is 0. The molecule has 9 heteroatoms. The minimum Gasteiger partial charge on any atom is -0.344 e. The van der Waals surface area contributed by atoms with E-state index in [1.54, 1.807) is 0 Å². The summed E-state index contributed by atoms with van der Waals surface area (Å²) in [5.41, 5.74) is 0. The third kappa shape index (κ3) is 9.50. The van der Waals surface area contributed by atoms with Crippen molar-refractivity contribution in [2.45, 2.75) is 19.0 Å². The summed E-state index contributed by atoms with van der Waals surface area (Å²) >= 11 is 0. The van der Waals surface area contributed by atoms with Crippen molar-refractivity contribution in [3.05, 3.63) is 0 Å². The second-order valence-electron chi connectivity index (χ2n) is 2.04.